The van der Waals surface area contributed by atoms with Gasteiger partial charge in [0.05, 0.1) is 12.7 Å². The molecule has 132 valence electrons. The van der Waals surface area contributed by atoms with E-state index in [-0.39, 0.29) is 17.8 Å². The van der Waals surface area contributed by atoms with Gasteiger partial charge in [-0.15, -0.1) is 0 Å². The molecule has 3 heterocycles. The fourth-order valence-electron chi connectivity index (χ4n) is 2.74. The molecule has 1 aliphatic rings. The molecule has 0 aromatic carbocycles. The summed E-state index contributed by atoms with van der Waals surface area (Å²) in [5.41, 5.74) is 1.78. The second-order valence-electron chi connectivity index (χ2n) is 6.19. The number of amides is 1. The minimum absolute atomic E-state index is 0.0764. The summed E-state index contributed by atoms with van der Waals surface area (Å²) < 4.78 is 5.54. The van der Waals surface area contributed by atoms with Gasteiger partial charge in [0.2, 0.25) is 0 Å². The van der Waals surface area contributed by atoms with Gasteiger partial charge in [0.1, 0.15) is 11.5 Å². The van der Waals surface area contributed by atoms with Crippen molar-refractivity contribution in [2.45, 2.75) is 26.5 Å². The van der Waals surface area contributed by atoms with Crippen LogP contribution in [0.4, 0.5) is 5.82 Å². The second-order valence-corrected chi connectivity index (χ2v) is 6.19. The molecule has 1 amide bonds. The third-order valence-electron chi connectivity index (χ3n) is 4.16. The summed E-state index contributed by atoms with van der Waals surface area (Å²) in [5, 5.41) is 2.82. The first-order chi connectivity index (χ1) is 12.0. The highest BCUT2D eigenvalue weighted by molar-refractivity contribution is 5.99. The number of nitrogens with zero attached hydrogens (tertiary/aromatic N) is 2. The van der Waals surface area contributed by atoms with Gasteiger partial charge in [0, 0.05) is 37.6 Å². The molecular weight excluding hydrogens is 320 g/mol. The zero-order chi connectivity index (χ0) is 17.8. The molecule has 2 N–H and O–H groups in total. The topological polar surface area (TPSA) is 87.3 Å². The molecule has 3 rings (SSSR count). The molecule has 7 heteroatoms. The van der Waals surface area contributed by atoms with Crippen molar-refractivity contribution < 1.29 is 14.3 Å². The van der Waals surface area contributed by atoms with Gasteiger partial charge in [-0.25, -0.2) is 4.98 Å². The molecule has 1 unspecified atom stereocenters. The minimum atomic E-state index is -0.251. The van der Waals surface area contributed by atoms with Crippen LogP contribution in [0.15, 0.2) is 30.6 Å². The Morgan fingerprint density at radius 3 is 2.92 bits per heavy atom. The van der Waals surface area contributed by atoms with Crippen LogP contribution >= 0.6 is 0 Å². The van der Waals surface area contributed by atoms with Crippen molar-refractivity contribution in [3.63, 3.8) is 0 Å². The number of H-pyrrole nitrogens is 1. The largest absolute Gasteiger partial charge is 0.375 e. The number of morpholine rings is 1. The minimum Gasteiger partial charge on any atom is -0.375 e. The molecule has 25 heavy (non-hydrogen) atoms. The number of pyridine rings is 1. The molecule has 0 radical (unpaired) electrons. The number of nitrogens with one attached hydrogen (secondary N) is 2. The number of anilines is 1. The van der Waals surface area contributed by atoms with Crippen LogP contribution in [-0.2, 0) is 11.3 Å². The Morgan fingerprint density at radius 2 is 2.28 bits per heavy atom. The zero-order valence-electron chi connectivity index (χ0n) is 14.4. The molecule has 7 nitrogen and oxygen atoms in total. The highest BCUT2D eigenvalue weighted by atomic mass is 16.5. The van der Waals surface area contributed by atoms with Crippen LogP contribution in [0.25, 0.3) is 0 Å². The van der Waals surface area contributed by atoms with Crippen LogP contribution in [0, 0.1) is 0 Å². The number of Topliss-reactive ketones (excluding diaryl/α,β-unsaturated/α-hetero) is 1. The molecule has 2 aromatic heterocycles. The van der Waals surface area contributed by atoms with Crippen molar-refractivity contribution >= 4 is 17.5 Å². The van der Waals surface area contributed by atoms with E-state index in [1.54, 1.807) is 12.3 Å². The Kier molecular flexibility index (Phi) is 5.14. The lowest BCUT2D eigenvalue weighted by molar-refractivity contribution is 0.0529. The van der Waals surface area contributed by atoms with E-state index in [9.17, 15) is 9.59 Å². The number of aromatic nitrogens is 2. The predicted molar refractivity (Wildman–Crippen MR) is 93.8 cm³/mol. The quantitative estimate of drug-likeness (QED) is 0.809. The molecular formula is C18H22N4O3. The van der Waals surface area contributed by atoms with E-state index in [4.69, 9.17) is 4.74 Å². The van der Waals surface area contributed by atoms with Crippen LogP contribution in [-0.4, -0.2) is 47.5 Å². The fraction of sp³-hybridized carbons (Fsp3) is 0.389. The number of rotatable bonds is 5. The number of hydrogen-bond donors (Lipinski definition) is 2. The summed E-state index contributed by atoms with van der Waals surface area (Å²) >= 11 is 0. The maximum atomic E-state index is 12.1. The fourth-order valence-corrected chi connectivity index (χ4v) is 2.74. The molecule has 1 saturated heterocycles. The molecule has 0 aliphatic carbocycles. The molecule has 1 aliphatic heterocycles. The van der Waals surface area contributed by atoms with Gasteiger partial charge >= 0.3 is 0 Å². The highest BCUT2D eigenvalue weighted by Crippen LogP contribution is 2.15. The van der Waals surface area contributed by atoms with Crippen LogP contribution in [0.1, 0.15) is 40.3 Å². The predicted octanol–water partition coefficient (Wildman–Crippen LogP) is 1.77. The Bertz CT molecular complexity index is 754. The number of hydrogen-bond acceptors (Lipinski definition) is 5. The molecule has 0 spiro atoms. The lowest BCUT2D eigenvalue weighted by Crippen LogP contribution is -2.41. The SMILES string of the molecule is CC(=O)c1c[nH]c(C(=O)NCc2ccc(N3CCOC(C)C3)nc2)c1. The number of carbonyl (C=O) groups excluding carboxylic acids is 2. The van der Waals surface area contributed by atoms with Crippen molar-refractivity contribution in [3.8, 4) is 0 Å². The average Bonchev–Trinajstić information content (AvgIpc) is 3.11. The number of ketones is 1. The summed E-state index contributed by atoms with van der Waals surface area (Å²) in [5.74, 6) is 0.590. The molecule has 1 fully saturated rings. The van der Waals surface area contributed by atoms with E-state index < -0.39 is 0 Å². The van der Waals surface area contributed by atoms with Gasteiger partial charge in [-0.3, -0.25) is 9.59 Å². The normalized spacial score (nSPS) is 17.4. The smallest absolute Gasteiger partial charge is 0.267 e. The Balaban J connectivity index is 1.56. The van der Waals surface area contributed by atoms with Gasteiger partial charge in [0.15, 0.2) is 5.78 Å². The van der Waals surface area contributed by atoms with Crippen molar-refractivity contribution in [3.05, 3.63) is 47.4 Å². The van der Waals surface area contributed by atoms with Crippen molar-refractivity contribution in [1.29, 1.82) is 0 Å². The first-order valence-corrected chi connectivity index (χ1v) is 8.32. The van der Waals surface area contributed by atoms with Gasteiger partial charge in [-0.2, -0.15) is 0 Å². The van der Waals surface area contributed by atoms with E-state index in [0.29, 0.717) is 24.4 Å². The lowest BCUT2D eigenvalue weighted by atomic mass is 10.2. The van der Waals surface area contributed by atoms with Gasteiger partial charge in [-0.1, -0.05) is 6.07 Å². The van der Waals surface area contributed by atoms with Crippen molar-refractivity contribution in [1.82, 2.24) is 15.3 Å². The van der Waals surface area contributed by atoms with Gasteiger partial charge in [0.25, 0.3) is 5.91 Å². The van der Waals surface area contributed by atoms with Gasteiger partial charge < -0.3 is 19.9 Å². The number of carbonyl (C=O) groups is 2. The van der Waals surface area contributed by atoms with Crippen molar-refractivity contribution in [2.24, 2.45) is 0 Å². The number of aromatic amines is 1. The molecule has 2 aromatic rings. The molecule has 0 saturated carbocycles. The third kappa shape index (κ3) is 4.24. The van der Waals surface area contributed by atoms with E-state index >= 15 is 0 Å². The number of ether oxygens (including phenoxy) is 1. The van der Waals surface area contributed by atoms with E-state index in [2.05, 4.69) is 20.2 Å². The standard InChI is InChI=1S/C18H22N4O3/c1-12-11-22(5-6-25-12)17-4-3-14(8-20-17)9-21-18(24)16-7-15(10-19-16)13(2)23/h3-4,7-8,10,12,19H,5-6,9,11H2,1-2H3,(H,21,24). The van der Waals surface area contributed by atoms with E-state index in [1.807, 2.05) is 19.1 Å². The van der Waals surface area contributed by atoms with Crippen LogP contribution in [0.2, 0.25) is 0 Å². The molecule has 0 bridgehead atoms. The summed E-state index contributed by atoms with van der Waals surface area (Å²) in [4.78, 5) is 32.9. The van der Waals surface area contributed by atoms with Gasteiger partial charge in [-0.05, 0) is 31.5 Å². The third-order valence-corrected chi connectivity index (χ3v) is 4.16. The Hall–Kier alpha value is -2.67. The average molecular weight is 342 g/mol. The zero-order valence-corrected chi connectivity index (χ0v) is 14.4. The second kappa shape index (κ2) is 7.48. The van der Waals surface area contributed by atoms with Crippen molar-refractivity contribution in [2.75, 3.05) is 24.6 Å². The van der Waals surface area contributed by atoms with E-state index in [0.717, 1.165) is 24.5 Å². The molecule has 1 atom stereocenters. The first-order valence-electron chi connectivity index (χ1n) is 8.32. The first kappa shape index (κ1) is 17.2. The lowest BCUT2D eigenvalue weighted by Gasteiger charge is -2.32. The monoisotopic (exact) mass is 342 g/mol. The Labute approximate surface area is 146 Å². The van der Waals surface area contributed by atoms with Crippen LogP contribution in [0.3, 0.4) is 0 Å². The van der Waals surface area contributed by atoms with Crippen LogP contribution in [0.5, 0.6) is 0 Å². The Morgan fingerprint density at radius 1 is 1.44 bits per heavy atom. The maximum absolute atomic E-state index is 12.1. The maximum Gasteiger partial charge on any atom is 0.267 e. The summed E-state index contributed by atoms with van der Waals surface area (Å²) in [6.07, 6.45) is 3.51. The highest BCUT2D eigenvalue weighted by Gasteiger charge is 2.17. The summed E-state index contributed by atoms with van der Waals surface area (Å²) in [6, 6.07) is 5.47. The summed E-state index contributed by atoms with van der Waals surface area (Å²) in [6.45, 7) is 6.26. The van der Waals surface area contributed by atoms with Crippen LogP contribution < -0.4 is 10.2 Å². The summed E-state index contributed by atoms with van der Waals surface area (Å²) in [7, 11) is 0. The van der Waals surface area contributed by atoms with E-state index in [1.165, 1.54) is 13.1 Å².